The van der Waals surface area contributed by atoms with E-state index >= 15 is 0 Å². The number of quaternary nitrogens is 1. The molecule has 1 N–H and O–H groups in total. The lowest BCUT2D eigenvalue weighted by molar-refractivity contribution is -0.929. The summed E-state index contributed by atoms with van der Waals surface area (Å²) in [4.78, 5) is 1.06. The van der Waals surface area contributed by atoms with Gasteiger partial charge in [-0.3, -0.25) is 0 Å². The second kappa shape index (κ2) is 8.45. The third-order valence-electron chi connectivity index (χ3n) is 5.49. The van der Waals surface area contributed by atoms with E-state index in [9.17, 15) is 12.8 Å². The Labute approximate surface area is 171 Å². The summed E-state index contributed by atoms with van der Waals surface area (Å²) < 4.78 is 41.3. The van der Waals surface area contributed by atoms with E-state index in [2.05, 4.69) is 24.3 Å². The first-order valence-electron chi connectivity index (χ1n) is 9.76. The maximum atomic E-state index is 14.1. The highest BCUT2D eigenvalue weighted by Crippen LogP contribution is 2.21. The SMILES string of the molecule is O=S(=O)(c1ccccc1F)N1CC[NH+](C(c2ccccc2)c2ccccc2)CC1. The van der Waals surface area contributed by atoms with Gasteiger partial charge in [0.15, 0.2) is 0 Å². The highest BCUT2D eigenvalue weighted by Gasteiger charge is 2.35. The summed E-state index contributed by atoms with van der Waals surface area (Å²) in [5.74, 6) is -0.700. The van der Waals surface area contributed by atoms with E-state index in [0.717, 1.165) is 0 Å². The summed E-state index contributed by atoms with van der Waals surface area (Å²) in [6, 6.07) is 26.3. The fourth-order valence-corrected chi connectivity index (χ4v) is 5.56. The average Bonchev–Trinajstić information content (AvgIpc) is 2.76. The van der Waals surface area contributed by atoms with Crippen LogP contribution < -0.4 is 4.90 Å². The van der Waals surface area contributed by atoms with Crippen LogP contribution in [0, 0.1) is 5.82 Å². The number of piperazine rings is 1. The molecule has 3 aromatic carbocycles. The molecule has 1 aliphatic rings. The lowest BCUT2D eigenvalue weighted by Crippen LogP contribution is -3.15. The second-order valence-electron chi connectivity index (χ2n) is 7.25. The second-order valence-corrected chi connectivity index (χ2v) is 9.15. The molecule has 4 nitrogen and oxygen atoms in total. The van der Waals surface area contributed by atoms with E-state index in [1.54, 1.807) is 6.07 Å². The quantitative estimate of drug-likeness (QED) is 0.701. The predicted octanol–water partition coefficient (Wildman–Crippen LogP) is 2.50. The molecule has 0 saturated carbocycles. The predicted molar refractivity (Wildman–Crippen MR) is 111 cm³/mol. The number of halogens is 1. The zero-order valence-corrected chi connectivity index (χ0v) is 16.9. The smallest absolute Gasteiger partial charge is 0.246 e. The molecule has 29 heavy (non-hydrogen) atoms. The molecule has 3 aromatic rings. The molecule has 0 unspecified atom stereocenters. The molecule has 1 aliphatic heterocycles. The number of hydrogen-bond acceptors (Lipinski definition) is 2. The van der Waals surface area contributed by atoms with Gasteiger partial charge in [0, 0.05) is 11.1 Å². The van der Waals surface area contributed by atoms with Crippen LogP contribution in [0.1, 0.15) is 17.2 Å². The van der Waals surface area contributed by atoms with Crippen LogP contribution >= 0.6 is 0 Å². The molecule has 1 fully saturated rings. The van der Waals surface area contributed by atoms with Crippen LogP contribution in [0.4, 0.5) is 4.39 Å². The van der Waals surface area contributed by atoms with Crippen molar-refractivity contribution >= 4 is 10.0 Å². The molecule has 0 atom stereocenters. The van der Waals surface area contributed by atoms with Gasteiger partial charge in [0.2, 0.25) is 10.0 Å². The number of hydrogen-bond donors (Lipinski definition) is 1. The highest BCUT2D eigenvalue weighted by molar-refractivity contribution is 7.89. The Hall–Kier alpha value is -2.54. The lowest BCUT2D eigenvalue weighted by atomic mass is 9.96. The van der Waals surface area contributed by atoms with Crippen LogP contribution in [0.2, 0.25) is 0 Å². The molecular formula is C23H24FN2O2S+. The molecular weight excluding hydrogens is 387 g/mol. The van der Waals surface area contributed by atoms with E-state index in [1.165, 1.54) is 38.5 Å². The standard InChI is InChI=1S/C23H23FN2O2S/c24-21-13-7-8-14-22(21)29(27,28)26-17-15-25(16-18-26)23(19-9-3-1-4-10-19)20-11-5-2-6-12-20/h1-14,23H,15-18H2/p+1. The zero-order chi connectivity index (χ0) is 20.3. The molecule has 1 heterocycles. The Morgan fingerprint density at radius 1 is 0.759 bits per heavy atom. The van der Waals surface area contributed by atoms with Crippen molar-refractivity contribution in [2.45, 2.75) is 10.9 Å². The number of nitrogens with zero attached hydrogens (tertiary/aromatic N) is 1. The van der Waals surface area contributed by atoms with Gasteiger partial charge in [0.1, 0.15) is 16.8 Å². The minimum absolute atomic E-state index is 0.135. The largest absolute Gasteiger partial charge is 0.323 e. The molecule has 0 aromatic heterocycles. The van der Waals surface area contributed by atoms with Crippen molar-refractivity contribution in [3.8, 4) is 0 Å². The summed E-state index contributed by atoms with van der Waals surface area (Å²) in [7, 11) is -3.83. The molecule has 1 saturated heterocycles. The Kier molecular flexibility index (Phi) is 5.76. The van der Waals surface area contributed by atoms with E-state index in [-0.39, 0.29) is 10.9 Å². The van der Waals surface area contributed by atoms with Crippen molar-refractivity contribution < 1.29 is 17.7 Å². The molecule has 0 amide bonds. The first-order valence-corrected chi connectivity index (χ1v) is 11.2. The molecule has 4 rings (SSSR count). The normalized spacial score (nSPS) is 16.2. The van der Waals surface area contributed by atoms with E-state index in [4.69, 9.17) is 0 Å². The fraction of sp³-hybridized carbons (Fsp3) is 0.217. The van der Waals surface area contributed by atoms with Gasteiger partial charge in [-0.25, -0.2) is 12.8 Å². The highest BCUT2D eigenvalue weighted by atomic mass is 32.2. The molecule has 0 spiro atoms. The molecule has 0 radical (unpaired) electrons. The molecule has 6 heteroatoms. The minimum atomic E-state index is -3.83. The van der Waals surface area contributed by atoms with Gasteiger partial charge < -0.3 is 4.90 Å². The van der Waals surface area contributed by atoms with Crippen molar-refractivity contribution in [3.63, 3.8) is 0 Å². The van der Waals surface area contributed by atoms with Gasteiger partial charge >= 0.3 is 0 Å². The van der Waals surface area contributed by atoms with Crippen LogP contribution in [0.25, 0.3) is 0 Å². The fourth-order valence-electron chi connectivity index (χ4n) is 4.05. The Balaban J connectivity index is 1.57. The molecule has 150 valence electrons. The van der Waals surface area contributed by atoms with Gasteiger partial charge in [-0.05, 0) is 12.1 Å². The summed E-state index contributed by atoms with van der Waals surface area (Å²) in [5, 5.41) is 0. The van der Waals surface area contributed by atoms with Crippen molar-refractivity contribution in [1.29, 1.82) is 0 Å². The number of benzene rings is 3. The van der Waals surface area contributed by atoms with Crippen LogP contribution in [0.3, 0.4) is 0 Å². The maximum absolute atomic E-state index is 14.1. The minimum Gasteiger partial charge on any atom is -0.323 e. The summed E-state index contributed by atoms with van der Waals surface area (Å²) in [6.45, 7) is 2.04. The third-order valence-corrected chi connectivity index (χ3v) is 7.43. The number of sulfonamides is 1. The van der Waals surface area contributed by atoms with Crippen LogP contribution in [-0.4, -0.2) is 38.9 Å². The summed E-state index contributed by atoms with van der Waals surface area (Å²) in [5.41, 5.74) is 2.42. The van der Waals surface area contributed by atoms with Gasteiger partial charge in [0.25, 0.3) is 0 Å². The van der Waals surface area contributed by atoms with E-state index < -0.39 is 15.8 Å². The van der Waals surface area contributed by atoms with Crippen LogP contribution in [-0.2, 0) is 10.0 Å². The maximum Gasteiger partial charge on any atom is 0.246 e. The third kappa shape index (κ3) is 4.10. The van der Waals surface area contributed by atoms with Crippen molar-refractivity contribution in [2.24, 2.45) is 0 Å². The lowest BCUT2D eigenvalue weighted by Gasteiger charge is -2.36. The molecule has 0 aliphatic carbocycles. The molecule has 0 bridgehead atoms. The first kappa shape index (κ1) is 19.8. The van der Waals surface area contributed by atoms with Crippen LogP contribution in [0.5, 0.6) is 0 Å². The van der Waals surface area contributed by atoms with Crippen molar-refractivity contribution in [3.05, 3.63) is 102 Å². The number of nitrogens with one attached hydrogen (secondary N) is 1. The van der Waals surface area contributed by atoms with Crippen molar-refractivity contribution in [2.75, 3.05) is 26.2 Å². The monoisotopic (exact) mass is 411 g/mol. The Morgan fingerprint density at radius 2 is 1.24 bits per heavy atom. The van der Waals surface area contributed by atoms with Gasteiger partial charge in [-0.1, -0.05) is 72.8 Å². The Bertz CT molecular complexity index is 1010. The summed E-state index contributed by atoms with van der Waals surface area (Å²) >= 11 is 0. The average molecular weight is 412 g/mol. The topological polar surface area (TPSA) is 41.8 Å². The number of rotatable bonds is 5. The van der Waals surface area contributed by atoms with Gasteiger partial charge in [-0.2, -0.15) is 4.31 Å². The Morgan fingerprint density at radius 3 is 1.76 bits per heavy atom. The van der Waals surface area contributed by atoms with Gasteiger partial charge in [-0.15, -0.1) is 0 Å². The van der Waals surface area contributed by atoms with E-state index in [0.29, 0.717) is 26.2 Å². The van der Waals surface area contributed by atoms with E-state index in [1.807, 2.05) is 36.4 Å². The van der Waals surface area contributed by atoms with Gasteiger partial charge in [0.05, 0.1) is 26.2 Å². The first-order chi connectivity index (χ1) is 14.1. The van der Waals surface area contributed by atoms with Crippen molar-refractivity contribution in [1.82, 2.24) is 4.31 Å². The van der Waals surface area contributed by atoms with Crippen LogP contribution in [0.15, 0.2) is 89.8 Å². The zero-order valence-electron chi connectivity index (χ0n) is 16.0. The summed E-state index contributed by atoms with van der Waals surface area (Å²) in [6.07, 6.45) is 0.